The van der Waals surface area contributed by atoms with Crippen molar-refractivity contribution < 1.29 is 14.1 Å². The van der Waals surface area contributed by atoms with Crippen LogP contribution in [0.4, 0.5) is 15.9 Å². The normalized spacial score (nSPS) is 10.4. The van der Waals surface area contributed by atoms with Crippen LogP contribution in [0.2, 0.25) is 0 Å². The molecule has 1 N–H and O–H groups in total. The monoisotopic (exact) mass is 340 g/mol. The number of benzene rings is 2. The van der Waals surface area contributed by atoms with Crippen molar-refractivity contribution in [2.45, 2.75) is 6.54 Å². The van der Waals surface area contributed by atoms with Crippen LogP contribution < -0.4 is 5.32 Å². The molecule has 1 aromatic heterocycles. The molecule has 126 valence electrons. The van der Waals surface area contributed by atoms with E-state index in [1.165, 1.54) is 36.4 Å². The molecule has 8 heteroatoms. The summed E-state index contributed by atoms with van der Waals surface area (Å²) in [5, 5.41) is 17.4. The number of hydrogen-bond donors (Lipinski definition) is 1. The lowest BCUT2D eigenvalue weighted by Gasteiger charge is -2.03. The highest BCUT2D eigenvalue weighted by molar-refractivity contribution is 6.03. The number of carbonyl (C=O) groups is 1. The number of hydrogen-bond acceptors (Lipinski definition) is 4. The first kappa shape index (κ1) is 16.3. The molecule has 0 unspecified atom stereocenters. The van der Waals surface area contributed by atoms with Gasteiger partial charge in [-0.25, -0.2) is 4.39 Å². The van der Waals surface area contributed by atoms with Crippen LogP contribution in [0.15, 0.2) is 60.8 Å². The molecular weight excluding hydrogens is 327 g/mol. The summed E-state index contributed by atoms with van der Waals surface area (Å²) >= 11 is 0. The van der Waals surface area contributed by atoms with Crippen LogP contribution in [-0.2, 0) is 6.54 Å². The molecule has 25 heavy (non-hydrogen) atoms. The fraction of sp³-hybridized carbons (Fsp3) is 0.0588. The minimum absolute atomic E-state index is 0.0871. The van der Waals surface area contributed by atoms with E-state index in [-0.39, 0.29) is 17.1 Å². The van der Waals surface area contributed by atoms with Gasteiger partial charge in [0.1, 0.15) is 5.82 Å². The van der Waals surface area contributed by atoms with Gasteiger partial charge in [0.05, 0.1) is 11.5 Å². The standard InChI is InChI=1S/C17H13FN4O3/c18-14-3-1-2-12(10-14)11-21-9-8-16(20-21)19-17(23)13-4-6-15(7-5-13)22(24)25/h1-10H,11H2,(H,19,20,23). The van der Waals surface area contributed by atoms with Gasteiger partial charge in [0, 0.05) is 30.0 Å². The molecule has 2 aromatic carbocycles. The Morgan fingerprint density at radius 2 is 1.96 bits per heavy atom. The Morgan fingerprint density at radius 1 is 1.20 bits per heavy atom. The van der Waals surface area contributed by atoms with E-state index in [0.29, 0.717) is 12.4 Å². The van der Waals surface area contributed by atoms with Gasteiger partial charge in [-0.15, -0.1) is 0 Å². The molecule has 1 heterocycles. The number of nitrogens with zero attached hydrogens (tertiary/aromatic N) is 3. The Hall–Kier alpha value is -3.55. The third-order valence-corrected chi connectivity index (χ3v) is 3.46. The summed E-state index contributed by atoms with van der Waals surface area (Å²) in [5.74, 6) is -0.415. The molecule has 0 spiro atoms. The number of carbonyl (C=O) groups excluding carboxylic acids is 1. The maximum absolute atomic E-state index is 13.2. The SMILES string of the molecule is O=C(Nc1ccn(Cc2cccc(F)c2)n1)c1ccc([N+](=O)[O-])cc1. The molecule has 0 aliphatic carbocycles. The molecule has 3 rings (SSSR count). The lowest BCUT2D eigenvalue weighted by molar-refractivity contribution is -0.384. The molecule has 0 atom stereocenters. The lowest BCUT2D eigenvalue weighted by atomic mass is 10.2. The second-order valence-corrected chi connectivity index (χ2v) is 5.29. The highest BCUT2D eigenvalue weighted by Crippen LogP contribution is 2.14. The summed E-state index contributed by atoms with van der Waals surface area (Å²) in [5.41, 5.74) is 0.942. The average molecular weight is 340 g/mol. The molecule has 0 bridgehead atoms. The minimum Gasteiger partial charge on any atom is -0.305 e. The van der Waals surface area contributed by atoms with Crippen molar-refractivity contribution >= 4 is 17.4 Å². The second kappa shape index (κ2) is 6.91. The number of amides is 1. The number of nitro groups is 1. The fourth-order valence-electron chi connectivity index (χ4n) is 2.26. The highest BCUT2D eigenvalue weighted by Gasteiger charge is 2.11. The van der Waals surface area contributed by atoms with Gasteiger partial charge in [0.25, 0.3) is 11.6 Å². The van der Waals surface area contributed by atoms with Crippen LogP contribution in [0, 0.1) is 15.9 Å². The van der Waals surface area contributed by atoms with Gasteiger partial charge >= 0.3 is 0 Å². The van der Waals surface area contributed by atoms with E-state index in [9.17, 15) is 19.3 Å². The van der Waals surface area contributed by atoms with Crippen LogP contribution in [0.5, 0.6) is 0 Å². The van der Waals surface area contributed by atoms with E-state index in [1.807, 2.05) is 0 Å². The van der Waals surface area contributed by atoms with Crippen LogP contribution in [-0.4, -0.2) is 20.6 Å². The van der Waals surface area contributed by atoms with Gasteiger partial charge in [-0.05, 0) is 29.8 Å². The average Bonchev–Trinajstić information content (AvgIpc) is 3.01. The zero-order valence-electron chi connectivity index (χ0n) is 12.9. The summed E-state index contributed by atoms with van der Waals surface area (Å²) < 4.78 is 14.8. The van der Waals surface area contributed by atoms with E-state index < -0.39 is 10.8 Å². The van der Waals surface area contributed by atoms with E-state index in [1.54, 1.807) is 29.1 Å². The van der Waals surface area contributed by atoms with Crippen molar-refractivity contribution in [2.24, 2.45) is 0 Å². The largest absolute Gasteiger partial charge is 0.305 e. The van der Waals surface area contributed by atoms with E-state index in [2.05, 4.69) is 10.4 Å². The Labute approximate surface area is 141 Å². The molecule has 3 aromatic rings. The first-order valence-corrected chi connectivity index (χ1v) is 7.35. The third-order valence-electron chi connectivity index (χ3n) is 3.46. The number of anilines is 1. The molecule has 1 amide bonds. The summed E-state index contributed by atoms with van der Waals surface area (Å²) in [7, 11) is 0. The zero-order valence-corrected chi connectivity index (χ0v) is 12.9. The summed E-state index contributed by atoms with van der Waals surface area (Å²) in [4.78, 5) is 22.2. The number of non-ortho nitro benzene ring substituents is 1. The second-order valence-electron chi connectivity index (χ2n) is 5.29. The van der Waals surface area contributed by atoms with E-state index in [0.717, 1.165) is 5.56 Å². The molecule has 0 aliphatic rings. The quantitative estimate of drug-likeness (QED) is 0.570. The van der Waals surface area contributed by atoms with Gasteiger partial charge in [0.15, 0.2) is 5.82 Å². The molecule has 0 saturated carbocycles. The molecule has 0 fully saturated rings. The van der Waals surface area contributed by atoms with Crippen molar-refractivity contribution in [1.82, 2.24) is 9.78 Å². The minimum atomic E-state index is -0.532. The predicted octanol–water partition coefficient (Wildman–Crippen LogP) is 3.23. The van der Waals surface area contributed by atoms with Gasteiger partial charge in [-0.2, -0.15) is 5.10 Å². The van der Waals surface area contributed by atoms with Crippen molar-refractivity contribution in [3.63, 3.8) is 0 Å². The Kier molecular flexibility index (Phi) is 4.51. The molecule has 0 radical (unpaired) electrons. The maximum Gasteiger partial charge on any atom is 0.269 e. The molecule has 0 aliphatic heterocycles. The number of rotatable bonds is 5. The van der Waals surface area contributed by atoms with E-state index in [4.69, 9.17) is 0 Å². The van der Waals surface area contributed by atoms with Crippen LogP contribution in [0.1, 0.15) is 15.9 Å². The van der Waals surface area contributed by atoms with E-state index >= 15 is 0 Å². The van der Waals surface area contributed by atoms with Gasteiger partial charge in [-0.1, -0.05) is 12.1 Å². The Morgan fingerprint density at radius 3 is 2.64 bits per heavy atom. The van der Waals surface area contributed by atoms with Crippen molar-refractivity contribution in [2.75, 3.05) is 5.32 Å². The van der Waals surface area contributed by atoms with Gasteiger partial charge in [-0.3, -0.25) is 19.6 Å². The topological polar surface area (TPSA) is 90.1 Å². The van der Waals surface area contributed by atoms with Crippen molar-refractivity contribution in [3.8, 4) is 0 Å². The Bertz CT molecular complexity index is 922. The molecule has 7 nitrogen and oxygen atoms in total. The first-order chi connectivity index (χ1) is 12.0. The lowest BCUT2D eigenvalue weighted by Crippen LogP contribution is -2.12. The highest BCUT2D eigenvalue weighted by atomic mass is 19.1. The Balaban J connectivity index is 1.66. The van der Waals surface area contributed by atoms with Crippen molar-refractivity contribution in [3.05, 3.63) is 87.9 Å². The predicted molar refractivity (Wildman–Crippen MR) is 88.8 cm³/mol. The molecular formula is C17H13FN4O3. The smallest absolute Gasteiger partial charge is 0.269 e. The number of halogens is 1. The van der Waals surface area contributed by atoms with Crippen LogP contribution in [0.3, 0.4) is 0 Å². The zero-order chi connectivity index (χ0) is 17.8. The summed E-state index contributed by atoms with van der Waals surface area (Å²) in [6.45, 7) is 0.366. The first-order valence-electron chi connectivity index (χ1n) is 7.35. The maximum atomic E-state index is 13.2. The fourth-order valence-corrected chi connectivity index (χ4v) is 2.26. The van der Waals surface area contributed by atoms with Crippen LogP contribution in [0.25, 0.3) is 0 Å². The number of aromatic nitrogens is 2. The summed E-state index contributed by atoms with van der Waals surface area (Å²) in [6.07, 6.45) is 1.66. The number of nitrogens with one attached hydrogen (secondary N) is 1. The van der Waals surface area contributed by atoms with Crippen molar-refractivity contribution in [1.29, 1.82) is 0 Å². The van der Waals surface area contributed by atoms with Gasteiger partial charge in [0.2, 0.25) is 0 Å². The van der Waals surface area contributed by atoms with Gasteiger partial charge < -0.3 is 5.32 Å². The number of nitro benzene ring substituents is 1. The van der Waals surface area contributed by atoms with Crippen LogP contribution >= 0.6 is 0 Å². The summed E-state index contributed by atoms with van der Waals surface area (Å²) in [6, 6.07) is 13.1. The molecule has 0 saturated heterocycles. The third kappa shape index (κ3) is 4.05.